The zero-order chi connectivity index (χ0) is 17.3. The van der Waals surface area contributed by atoms with E-state index in [-0.39, 0.29) is 36.2 Å². The van der Waals surface area contributed by atoms with E-state index in [2.05, 4.69) is 10.0 Å². The lowest BCUT2D eigenvalue weighted by Crippen LogP contribution is -2.31. The third kappa shape index (κ3) is 6.91. The predicted octanol–water partition coefficient (Wildman–Crippen LogP) is 0.259. The minimum Gasteiger partial charge on any atom is -0.493 e. The first-order valence-corrected chi connectivity index (χ1v) is 8.61. The van der Waals surface area contributed by atoms with Crippen molar-refractivity contribution in [3.63, 3.8) is 0 Å². The Kier molecular flexibility index (Phi) is 10.4. The molecule has 0 heterocycles. The van der Waals surface area contributed by atoms with Crippen molar-refractivity contribution in [1.82, 2.24) is 10.0 Å². The van der Waals surface area contributed by atoms with Gasteiger partial charge in [0.1, 0.15) is 0 Å². The van der Waals surface area contributed by atoms with E-state index in [1.807, 2.05) is 0 Å². The van der Waals surface area contributed by atoms with Gasteiger partial charge in [0.05, 0.1) is 19.1 Å². The van der Waals surface area contributed by atoms with Gasteiger partial charge in [0.15, 0.2) is 11.5 Å². The Morgan fingerprint density at radius 3 is 2.42 bits per heavy atom. The predicted molar refractivity (Wildman–Crippen MR) is 93.3 cm³/mol. The van der Waals surface area contributed by atoms with Gasteiger partial charge in [0, 0.05) is 25.6 Å². The number of rotatable bonds is 10. The summed E-state index contributed by atoms with van der Waals surface area (Å²) in [5.74, 6) is 0.522. The molecule has 10 heteroatoms. The number of hydrogen-bond donors (Lipinski definition) is 3. The van der Waals surface area contributed by atoms with Crippen LogP contribution in [-0.2, 0) is 14.8 Å². The number of methoxy groups -OCH3 is 2. The molecule has 1 rings (SSSR count). The Bertz CT molecular complexity index is 625. The maximum absolute atomic E-state index is 12.2. The van der Waals surface area contributed by atoms with Gasteiger partial charge in [-0.15, -0.1) is 12.4 Å². The van der Waals surface area contributed by atoms with Gasteiger partial charge in [0.2, 0.25) is 15.9 Å². The van der Waals surface area contributed by atoms with Crippen LogP contribution in [0.3, 0.4) is 0 Å². The summed E-state index contributed by atoms with van der Waals surface area (Å²) in [6.45, 7) is 0.981. The van der Waals surface area contributed by atoms with E-state index < -0.39 is 10.0 Å². The van der Waals surface area contributed by atoms with Crippen molar-refractivity contribution in [2.24, 2.45) is 5.73 Å². The first kappa shape index (κ1) is 22.4. The van der Waals surface area contributed by atoms with Crippen LogP contribution in [0.15, 0.2) is 23.1 Å². The Balaban J connectivity index is 0.00000529. The number of benzene rings is 1. The molecule has 0 aromatic heterocycles. The van der Waals surface area contributed by atoms with Gasteiger partial charge < -0.3 is 20.5 Å². The summed E-state index contributed by atoms with van der Waals surface area (Å²) in [5.41, 5.74) is 5.32. The summed E-state index contributed by atoms with van der Waals surface area (Å²) in [6.07, 6.45) is 0.736. The van der Waals surface area contributed by atoms with Crippen LogP contribution in [0.5, 0.6) is 11.5 Å². The van der Waals surface area contributed by atoms with E-state index in [0.717, 1.165) is 0 Å². The summed E-state index contributed by atoms with van der Waals surface area (Å²) in [4.78, 5) is 11.5. The Morgan fingerprint density at radius 1 is 1.17 bits per heavy atom. The second-order valence-corrected chi connectivity index (χ2v) is 6.42. The fourth-order valence-electron chi connectivity index (χ4n) is 1.78. The highest BCUT2D eigenvalue weighted by Crippen LogP contribution is 2.29. The quantitative estimate of drug-likeness (QED) is 0.500. The lowest BCUT2D eigenvalue weighted by molar-refractivity contribution is -0.120. The molecule has 138 valence electrons. The Hall–Kier alpha value is -1.55. The maximum atomic E-state index is 12.2. The molecule has 0 unspecified atom stereocenters. The highest BCUT2D eigenvalue weighted by Gasteiger charge is 2.17. The van der Waals surface area contributed by atoms with Gasteiger partial charge in [-0.25, -0.2) is 13.1 Å². The van der Waals surface area contributed by atoms with Crippen LogP contribution < -0.4 is 25.2 Å². The van der Waals surface area contributed by atoms with Crippen LogP contribution in [0.4, 0.5) is 0 Å². The monoisotopic (exact) mass is 381 g/mol. The number of carbonyl (C=O) groups excluding carboxylic acids is 1. The summed E-state index contributed by atoms with van der Waals surface area (Å²) < 4.78 is 36.9. The smallest absolute Gasteiger partial charge is 0.240 e. The molecule has 0 aliphatic carbocycles. The first-order chi connectivity index (χ1) is 10.9. The van der Waals surface area contributed by atoms with Crippen molar-refractivity contribution in [3.8, 4) is 11.5 Å². The van der Waals surface area contributed by atoms with Crippen LogP contribution in [0, 0.1) is 0 Å². The van der Waals surface area contributed by atoms with E-state index in [1.54, 1.807) is 0 Å². The van der Waals surface area contributed by atoms with Crippen molar-refractivity contribution in [3.05, 3.63) is 18.2 Å². The summed E-state index contributed by atoms with van der Waals surface area (Å²) >= 11 is 0. The average molecular weight is 382 g/mol. The molecule has 1 aromatic carbocycles. The van der Waals surface area contributed by atoms with Crippen molar-refractivity contribution in [2.75, 3.05) is 33.9 Å². The van der Waals surface area contributed by atoms with E-state index in [1.165, 1.54) is 32.4 Å². The summed E-state index contributed by atoms with van der Waals surface area (Å²) in [7, 11) is -0.834. The van der Waals surface area contributed by atoms with Gasteiger partial charge in [0.25, 0.3) is 0 Å². The largest absolute Gasteiger partial charge is 0.493 e. The van der Waals surface area contributed by atoms with Crippen molar-refractivity contribution in [2.45, 2.75) is 17.7 Å². The number of ether oxygens (including phenoxy) is 2. The van der Waals surface area contributed by atoms with Gasteiger partial charge >= 0.3 is 0 Å². The minimum atomic E-state index is -3.72. The molecule has 0 aliphatic heterocycles. The van der Waals surface area contributed by atoms with E-state index in [9.17, 15) is 13.2 Å². The van der Waals surface area contributed by atoms with Crippen molar-refractivity contribution < 1.29 is 22.7 Å². The van der Waals surface area contributed by atoms with Crippen LogP contribution in [0.2, 0.25) is 0 Å². The molecule has 0 atom stereocenters. The molecule has 0 aliphatic rings. The molecule has 0 spiro atoms. The number of carbonyl (C=O) groups is 1. The average Bonchev–Trinajstić information content (AvgIpc) is 2.54. The third-order valence-electron chi connectivity index (χ3n) is 3.01. The second-order valence-electron chi connectivity index (χ2n) is 4.66. The molecule has 1 amide bonds. The Morgan fingerprint density at radius 2 is 1.83 bits per heavy atom. The molecule has 0 saturated heterocycles. The third-order valence-corrected chi connectivity index (χ3v) is 4.47. The molecule has 1 aromatic rings. The van der Waals surface area contributed by atoms with Crippen LogP contribution in [0.1, 0.15) is 12.8 Å². The fourth-order valence-corrected chi connectivity index (χ4v) is 2.83. The number of amides is 1. The second kappa shape index (κ2) is 11.1. The standard InChI is InChI=1S/C14H23N3O5S.ClH/c1-21-12-5-4-11(10-13(12)22-2)23(19,20)17-9-6-14(18)16-8-3-7-15;/h4-5,10,17H,3,6-9,15H2,1-2H3,(H,16,18);1H. The summed E-state index contributed by atoms with van der Waals surface area (Å²) in [6, 6.07) is 4.28. The minimum absolute atomic E-state index is 0. The lowest BCUT2D eigenvalue weighted by Gasteiger charge is -2.11. The topological polar surface area (TPSA) is 120 Å². The zero-order valence-electron chi connectivity index (χ0n) is 13.7. The fraction of sp³-hybridized carbons (Fsp3) is 0.500. The van der Waals surface area contributed by atoms with E-state index in [4.69, 9.17) is 15.2 Å². The maximum Gasteiger partial charge on any atom is 0.240 e. The molecule has 0 bridgehead atoms. The van der Waals surface area contributed by atoms with Gasteiger partial charge in [-0.05, 0) is 25.1 Å². The highest BCUT2D eigenvalue weighted by molar-refractivity contribution is 7.89. The summed E-state index contributed by atoms with van der Waals surface area (Å²) in [5, 5.41) is 2.65. The Labute approximate surface area is 148 Å². The number of nitrogens with two attached hydrogens (primary N) is 1. The molecule has 4 N–H and O–H groups in total. The molecule has 0 radical (unpaired) electrons. The molecule has 0 fully saturated rings. The van der Waals surface area contributed by atoms with E-state index in [0.29, 0.717) is 31.0 Å². The molecule has 0 saturated carbocycles. The number of nitrogens with one attached hydrogen (secondary N) is 2. The lowest BCUT2D eigenvalue weighted by atomic mass is 10.3. The molecule has 24 heavy (non-hydrogen) atoms. The first-order valence-electron chi connectivity index (χ1n) is 7.13. The SMILES string of the molecule is COc1ccc(S(=O)(=O)NCCC(=O)NCCCN)cc1OC.Cl. The normalized spacial score (nSPS) is 10.6. The van der Waals surface area contributed by atoms with Gasteiger partial charge in [-0.1, -0.05) is 0 Å². The number of sulfonamides is 1. The van der Waals surface area contributed by atoms with Crippen LogP contribution in [-0.4, -0.2) is 48.2 Å². The van der Waals surface area contributed by atoms with Crippen molar-refractivity contribution in [1.29, 1.82) is 0 Å². The molecular weight excluding hydrogens is 358 g/mol. The van der Waals surface area contributed by atoms with Gasteiger partial charge in [-0.2, -0.15) is 0 Å². The van der Waals surface area contributed by atoms with Crippen molar-refractivity contribution >= 4 is 28.3 Å². The number of halogens is 1. The highest BCUT2D eigenvalue weighted by atomic mass is 35.5. The number of hydrogen-bond acceptors (Lipinski definition) is 6. The molecule has 8 nitrogen and oxygen atoms in total. The van der Waals surface area contributed by atoms with Gasteiger partial charge in [-0.3, -0.25) is 4.79 Å². The zero-order valence-corrected chi connectivity index (χ0v) is 15.3. The van der Waals surface area contributed by atoms with Crippen LogP contribution in [0.25, 0.3) is 0 Å². The molecular formula is C14H24ClN3O5S. The van der Waals surface area contributed by atoms with Crippen LogP contribution >= 0.6 is 12.4 Å². The van der Waals surface area contributed by atoms with E-state index >= 15 is 0 Å².